The molecule has 2 N–H and O–H groups in total. The summed E-state index contributed by atoms with van der Waals surface area (Å²) in [5.74, 6) is 0.578. The lowest BCUT2D eigenvalue weighted by atomic mass is 10.2. The van der Waals surface area contributed by atoms with Crippen LogP contribution in [0, 0.1) is 0 Å². The van der Waals surface area contributed by atoms with Crippen molar-refractivity contribution in [2.45, 2.75) is 0 Å². The highest BCUT2D eigenvalue weighted by atomic mass is 79.9. The number of nitrogens with two attached hydrogens (primary N) is 1. The minimum absolute atomic E-state index is 0. The Morgan fingerprint density at radius 3 is 2.62 bits per heavy atom. The lowest BCUT2D eigenvalue weighted by molar-refractivity contribution is 1.37. The monoisotopic (exact) mass is 258 g/mol. The zero-order chi connectivity index (χ0) is 8.55. The van der Waals surface area contributed by atoms with Crippen LogP contribution in [0.1, 0.15) is 0 Å². The molecule has 0 aliphatic heterocycles. The molecule has 2 rings (SSSR count). The Bertz CT molecular complexity index is 390. The molecule has 0 bridgehead atoms. The van der Waals surface area contributed by atoms with E-state index >= 15 is 0 Å². The first kappa shape index (κ1) is 10.3. The van der Waals surface area contributed by atoms with Crippen LogP contribution in [0.2, 0.25) is 0 Å². The molecule has 0 saturated heterocycles. The molecule has 4 heteroatoms. The summed E-state index contributed by atoms with van der Waals surface area (Å²) in [6.07, 6.45) is 1.71. The molecule has 1 aromatic carbocycles. The van der Waals surface area contributed by atoms with E-state index in [0.717, 1.165) is 15.2 Å². The molecule has 1 heterocycles. The van der Waals surface area contributed by atoms with Crippen molar-refractivity contribution in [2.75, 3.05) is 5.73 Å². The van der Waals surface area contributed by atoms with Gasteiger partial charge in [0, 0.05) is 21.4 Å². The minimum atomic E-state index is 0. The van der Waals surface area contributed by atoms with Crippen LogP contribution in [0.25, 0.3) is 10.8 Å². The van der Waals surface area contributed by atoms with E-state index < -0.39 is 0 Å². The third-order valence-electron chi connectivity index (χ3n) is 1.78. The Morgan fingerprint density at radius 1 is 1.15 bits per heavy atom. The van der Waals surface area contributed by atoms with Crippen LogP contribution < -0.4 is 5.73 Å². The van der Waals surface area contributed by atoms with Gasteiger partial charge in [0.2, 0.25) is 0 Å². The second-order valence-corrected chi connectivity index (χ2v) is 3.39. The van der Waals surface area contributed by atoms with Crippen molar-refractivity contribution >= 4 is 44.9 Å². The molecule has 68 valence electrons. The van der Waals surface area contributed by atoms with Crippen LogP contribution >= 0.6 is 28.3 Å². The van der Waals surface area contributed by atoms with Crippen molar-refractivity contribution in [1.82, 2.24) is 4.98 Å². The van der Waals surface area contributed by atoms with Crippen LogP contribution in [-0.2, 0) is 0 Å². The smallest absolute Gasteiger partial charge is 0.131 e. The number of halogens is 2. The third-order valence-corrected chi connectivity index (χ3v) is 2.48. The minimum Gasteiger partial charge on any atom is -0.383 e. The maximum absolute atomic E-state index is 5.69. The number of nitrogens with zero attached hydrogens (tertiary/aromatic N) is 1. The van der Waals surface area contributed by atoms with Gasteiger partial charge >= 0.3 is 0 Å². The Kier molecular flexibility index (Phi) is 3.12. The Labute approximate surface area is 90.7 Å². The lowest BCUT2D eigenvalue weighted by Crippen LogP contribution is -1.90. The molecule has 0 fully saturated rings. The van der Waals surface area contributed by atoms with Crippen LogP contribution in [0.15, 0.2) is 34.9 Å². The zero-order valence-corrected chi connectivity index (χ0v) is 9.10. The highest BCUT2D eigenvalue weighted by Gasteiger charge is 1.99. The fourth-order valence-electron chi connectivity index (χ4n) is 1.19. The van der Waals surface area contributed by atoms with Gasteiger partial charge in [0.1, 0.15) is 5.82 Å². The second kappa shape index (κ2) is 3.94. The largest absolute Gasteiger partial charge is 0.383 e. The molecule has 2 nitrogen and oxygen atoms in total. The van der Waals surface area contributed by atoms with Crippen LogP contribution in [-0.4, -0.2) is 4.98 Å². The van der Waals surface area contributed by atoms with Crippen molar-refractivity contribution in [3.63, 3.8) is 0 Å². The topological polar surface area (TPSA) is 38.9 Å². The van der Waals surface area contributed by atoms with E-state index in [0.29, 0.717) is 5.82 Å². The Balaban J connectivity index is 0.000000845. The number of hydrogen-bond acceptors (Lipinski definition) is 2. The van der Waals surface area contributed by atoms with Crippen molar-refractivity contribution in [1.29, 1.82) is 0 Å². The van der Waals surface area contributed by atoms with E-state index in [1.54, 1.807) is 6.20 Å². The number of rotatable bonds is 0. The Hall–Kier alpha value is -0.800. The fourth-order valence-corrected chi connectivity index (χ4v) is 1.69. The number of hydrogen-bond donors (Lipinski definition) is 1. The molecule has 0 unspecified atom stereocenters. The van der Waals surface area contributed by atoms with Crippen LogP contribution in [0.4, 0.5) is 5.82 Å². The molecular weight excluding hydrogens is 251 g/mol. The highest BCUT2D eigenvalue weighted by Crippen LogP contribution is 2.25. The molecule has 2 aromatic rings. The summed E-state index contributed by atoms with van der Waals surface area (Å²) in [6, 6.07) is 7.84. The molecule has 0 radical (unpaired) electrons. The van der Waals surface area contributed by atoms with Crippen molar-refractivity contribution in [2.24, 2.45) is 0 Å². The second-order valence-electron chi connectivity index (χ2n) is 2.53. The normalized spacial score (nSPS) is 9.62. The van der Waals surface area contributed by atoms with Gasteiger partial charge in [-0.1, -0.05) is 28.1 Å². The van der Waals surface area contributed by atoms with E-state index in [1.165, 1.54) is 0 Å². The fraction of sp³-hybridized carbons (Fsp3) is 0. The number of aromatic nitrogens is 1. The van der Waals surface area contributed by atoms with E-state index in [-0.39, 0.29) is 12.4 Å². The molecule has 0 amide bonds. The summed E-state index contributed by atoms with van der Waals surface area (Å²) in [4.78, 5) is 4.01. The van der Waals surface area contributed by atoms with Gasteiger partial charge in [-0.05, 0) is 12.1 Å². The molecule has 0 atom stereocenters. The van der Waals surface area contributed by atoms with Gasteiger partial charge in [-0.25, -0.2) is 4.98 Å². The average molecular weight is 260 g/mol. The highest BCUT2D eigenvalue weighted by molar-refractivity contribution is 9.10. The molecule has 0 spiro atoms. The summed E-state index contributed by atoms with van der Waals surface area (Å²) in [5, 5.41) is 2.09. The predicted octanol–water partition coefficient (Wildman–Crippen LogP) is 3.00. The molecular formula is C9H8BrClN2. The van der Waals surface area contributed by atoms with Gasteiger partial charge < -0.3 is 5.73 Å². The van der Waals surface area contributed by atoms with Gasteiger partial charge in [-0.15, -0.1) is 12.4 Å². The maximum atomic E-state index is 5.69. The summed E-state index contributed by atoms with van der Waals surface area (Å²) in [6.45, 7) is 0. The predicted molar refractivity (Wildman–Crippen MR) is 61.1 cm³/mol. The first-order valence-electron chi connectivity index (χ1n) is 3.58. The maximum Gasteiger partial charge on any atom is 0.131 e. The lowest BCUT2D eigenvalue weighted by Gasteiger charge is -2.01. The number of anilines is 1. The average Bonchev–Trinajstić information content (AvgIpc) is 2.07. The Morgan fingerprint density at radius 2 is 1.92 bits per heavy atom. The van der Waals surface area contributed by atoms with Crippen molar-refractivity contribution in [3.8, 4) is 0 Å². The van der Waals surface area contributed by atoms with Gasteiger partial charge in [0.25, 0.3) is 0 Å². The van der Waals surface area contributed by atoms with E-state index in [1.807, 2.05) is 24.3 Å². The van der Waals surface area contributed by atoms with E-state index in [4.69, 9.17) is 5.73 Å². The number of benzene rings is 1. The first-order chi connectivity index (χ1) is 5.79. The third kappa shape index (κ3) is 1.76. The van der Waals surface area contributed by atoms with Crippen LogP contribution in [0.3, 0.4) is 0 Å². The van der Waals surface area contributed by atoms with Gasteiger partial charge in [-0.2, -0.15) is 0 Å². The van der Waals surface area contributed by atoms with E-state index in [9.17, 15) is 0 Å². The van der Waals surface area contributed by atoms with Crippen molar-refractivity contribution in [3.05, 3.63) is 34.9 Å². The number of fused-ring (bicyclic) bond motifs is 1. The summed E-state index contributed by atoms with van der Waals surface area (Å²) >= 11 is 3.45. The van der Waals surface area contributed by atoms with Gasteiger partial charge in [0.15, 0.2) is 0 Å². The summed E-state index contributed by atoms with van der Waals surface area (Å²) in [7, 11) is 0. The zero-order valence-electron chi connectivity index (χ0n) is 6.70. The molecule has 0 aliphatic carbocycles. The molecule has 13 heavy (non-hydrogen) atoms. The van der Waals surface area contributed by atoms with E-state index in [2.05, 4.69) is 20.9 Å². The summed E-state index contributed by atoms with van der Waals surface area (Å²) in [5.41, 5.74) is 5.69. The van der Waals surface area contributed by atoms with Gasteiger partial charge in [0.05, 0.1) is 0 Å². The van der Waals surface area contributed by atoms with Crippen LogP contribution in [0.5, 0.6) is 0 Å². The molecule has 0 saturated carbocycles. The number of nitrogen functional groups attached to an aromatic ring is 1. The quantitative estimate of drug-likeness (QED) is 0.790. The van der Waals surface area contributed by atoms with Crippen molar-refractivity contribution < 1.29 is 0 Å². The molecule has 1 aromatic heterocycles. The first-order valence-corrected chi connectivity index (χ1v) is 4.37. The summed E-state index contributed by atoms with van der Waals surface area (Å²) < 4.78 is 1.05. The number of pyridine rings is 1. The molecule has 0 aliphatic rings. The SMILES string of the molecule is Cl.Nc1nccc2c(Br)cccc12. The van der Waals surface area contributed by atoms with Gasteiger partial charge in [-0.3, -0.25) is 0 Å². The standard InChI is InChI=1S/C9H7BrN2.ClH/c10-8-3-1-2-7-6(8)4-5-12-9(7)11;/h1-5H,(H2,11,12);1H.